The first-order valence-corrected chi connectivity index (χ1v) is 8.95. The third-order valence-corrected chi connectivity index (χ3v) is 4.79. The number of carbonyl (C=O) groups is 2. The van der Waals surface area contributed by atoms with Gasteiger partial charge in [-0.1, -0.05) is 26.0 Å². The van der Waals surface area contributed by atoms with Crippen LogP contribution in [0.15, 0.2) is 34.3 Å². The second-order valence-corrected chi connectivity index (χ2v) is 6.86. The van der Waals surface area contributed by atoms with Gasteiger partial charge in [0.15, 0.2) is 10.2 Å². The summed E-state index contributed by atoms with van der Waals surface area (Å²) in [5, 5.41) is 1.17. The molecule has 0 radical (unpaired) electrons. The Morgan fingerprint density at radius 1 is 0.864 bits per heavy atom. The highest BCUT2D eigenvalue weighted by atomic mass is 32.2. The van der Waals surface area contributed by atoms with Crippen LogP contribution >= 0.6 is 23.5 Å². The van der Waals surface area contributed by atoms with Crippen molar-refractivity contribution >= 4 is 44.8 Å². The molecule has 0 spiro atoms. The maximum atomic E-state index is 11.9. The Morgan fingerprint density at radius 3 is 1.64 bits per heavy atom. The van der Waals surface area contributed by atoms with Gasteiger partial charge in [0.05, 0.1) is 11.0 Å². The van der Waals surface area contributed by atoms with Gasteiger partial charge in [-0.2, -0.15) is 0 Å². The lowest BCUT2D eigenvalue weighted by Crippen LogP contribution is -1.99. The Hall–Kier alpha value is -1.40. The summed E-state index contributed by atoms with van der Waals surface area (Å²) >= 11 is 2.17. The minimum absolute atomic E-state index is 0.0527. The molecule has 2 aromatic rings. The van der Waals surface area contributed by atoms with Crippen molar-refractivity contribution in [2.45, 2.75) is 49.6 Å². The summed E-state index contributed by atoms with van der Waals surface area (Å²) in [6, 6.07) is 7.49. The van der Waals surface area contributed by atoms with Gasteiger partial charge >= 0.3 is 0 Å². The summed E-state index contributed by atoms with van der Waals surface area (Å²) in [7, 11) is 0. The van der Waals surface area contributed by atoms with E-state index >= 15 is 0 Å². The van der Waals surface area contributed by atoms with Crippen LogP contribution in [-0.4, -0.2) is 20.2 Å². The van der Waals surface area contributed by atoms with E-state index in [2.05, 4.69) is 9.97 Å². The number of hydrogen-bond acceptors (Lipinski definition) is 6. The Bertz CT molecular complexity index is 630. The summed E-state index contributed by atoms with van der Waals surface area (Å²) in [5.41, 5.74) is 1.48. The van der Waals surface area contributed by atoms with Gasteiger partial charge in [0, 0.05) is 12.8 Å². The van der Waals surface area contributed by atoms with Crippen LogP contribution in [0.4, 0.5) is 0 Å². The average Bonchev–Trinajstić information content (AvgIpc) is 2.48. The number of para-hydroxylation sites is 2. The molecule has 0 aliphatic rings. The first kappa shape index (κ1) is 17.0. The summed E-state index contributed by atoms with van der Waals surface area (Å²) in [4.78, 5) is 32.9. The molecule has 0 unspecified atom stereocenters. The van der Waals surface area contributed by atoms with Gasteiger partial charge < -0.3 is 0 Å². The molecule has 0 aliphatic carbocycles. The van der Waals surface area contributed by atoms with Gasteiger partial charge in [-0.05, 0) is 48.5 Å². The highest BCUT2D eigenvalue weighted by Crippen LogP contribution is 2.32. The third-order valence-electron chi connectivity index (χ3n) is 2.84. The van der Waals surface area contributed by atoms with Crippen molar-refractivity contribution in [3.63, 3.8) is 0 Å². The summed E-state index contributed by atoms with van der Waals surface area (Å²) in [6.45, 7) is 3.93. The van der Waals surface area contributed by atoms with Crippen molar-refractivity contribution in [3.8, 4) is 0 Å². The van der Waals surface area contributed by atoms with Crippen LogP contribution in [0, 0.1) is 0 Å². The van der Waals surface area contributed by atoms with Gasteiger partial charge in [-0.25, -0.2) is 9.97 Å². The van der Waals surface area contributed by atoms with Crippen molar-refractivity contribution < 1.29 is 9.59 Å². The number of rotatable bonds is 6. The summed E-state index contributed by atoms with van der Waals surface area (Å²) in [5.74, 6) is 0. The lowest BCUT2D eigenvalue weighted by molar-refractivity contribution is -0.111. The molecular weight excluding hydrogens is 316 g/mol. The molecule has 22 heavy (non-hydrogen) atoms. The fourth-order valence-corrected chi connectivity index (χ4v) is 3.67. The topological polar surface area (TPSA) is 59.9 Å². The number of fused-ring (bicyclic) bond motifs is 1. The van der Waals surface area contributed by atoms with Crippen molar-refractivity contribution in [2.24, 2.45) is 0 Å². The van der Waals surface area contributed by atoms with E-state index < -0.39 is 0 Å². The fraction of sp³-hybridized carbons (Fsp3) is 0.375. The number of aromatic nitrogens is 2. The largest absolute Gasteiger partial charge is 0.287 e. The minimum atomic E-state index is 0.0527. The lowest BCUT2D eigenvalue weighted by Gasteiger charge is -2.07. The van der Waals surface area contributed by atoms with Crippen molar-refractivity contribution in [2.75, 3.05) is 0 Å². The van der Waals surface area contributed by atoms with E-state index in [1.165, 1.54) is 0 Å². The van der Waals surface area contributed by atoms with Gasteiger partial charge in [-0.3, -0.25) is 9.59 Å². The van der Waals surface area contributed by atoms with Crippen molar-refractivity contribution in [1.82, 2.24) is 9.97 Å². The molecule has 0 fully saturated rings. The predicted molar refractivity (Wildman–Crippen MR) is 91.1 cm³/mol. The molecule has 0 bridgehead atoms. The van der Waals surface area contributed by atoms with E-state index in [-0.39, 0.29) is 10.2 Å². The zero-order valence-corrected chi connectivity index (χ0v) is 14.3. The standard InChI is InChI=1S/C16H18N2O2S2/c1-3-7-13(19)21-15-16(22-14(20)8-4-2)18-12-10-6-5-9-11(12)17-15/h5-6,9-10H,3-4,7-8H2,1-2H3. The Kier molecular flexibility index (Phi) is 6.39. The fourth-order valence-electron chi connectivity index (χ4n) is 1.83. The molecule has 0 atom stereocenters. The molecule has 0 aliphatic heterocycles. The number of benzene rings is 1. The molecule has 0 saturated carbocycles. The summed E-state index contributed by atoms with van der Waals surface area (Å²) < 4.78 is 0. The summed E-state index contributed by atoms with van der Waals surface area (Å²) in [6.07, 6.45) is 2.58. The minimum Gasteiger partial charge on any atom is -0.287 e. The van der Waals surface area contributed by atoms with Crippen LogP contribution in [0.25, 0.3) is 11.0 Å². The van der Waals surface area contributed by atoms with E-state index in [1.807, 2.05) is 38.1 Å². The second kappa shape index (κ2) is 8.29. The van der Waals surface area contributed by atoms with Gasteiger partial charge in [0.1, 0.15) is 10.1 Å². The molecule has 1 aromatic heterocycles. The van der Waals surface area contributed by atoms with Gasteiger partial charge in [-0.15, -0.1) is 0 Å². The number of thioether (sulfide) groups is 2. The van der Waals surface area contributed by atoms with Crippen LogP contribution in [0.3, 0.4) is 0 Å². The highest BCUT2D eigenvalue weighted by Gasteiger charge is 2.16. The predicted octanol–water partition coefficient (Wildman–Crippen LogP) is 4.47. The van der Waals surface area contributed by atoms with Crippen LogP contribution in [-0.2, 0) is 9.59 Å². The smallest absolute Gasteiger partial charge is 0.195 e. The number of carbonyl (C=O) groups excluding carboxylic acids is 2. The third kappa shape index (κ3) is 4.55. The van der Waals surface area contributed by atoms with Crippen LogP contribution in [0.5, 0.6) is 0 Å². The Labute approximate surface area is 138 Å². The number of hydrogen-bond donors (Lipinski definition) is 0. The van der Waals surface area contributed by atoms with Crippen molar-refractivity contribution in [1.29, 1.82) is 0 Å². The zero-order valence-electron chi connectivity index (χ0n) is 12.7. The maximum Gasteiger partial charge on any atom is 0.195 e. The second-order valence-electron chi connectivity index (χ2n) is 4.77. The first-order chi connectivity index (χ1) is 10.6. The molecule has 116 valence electrons. The van der Waals surface area contributed by atoms with E-state index in [0.29, 0.717) is 22.9 Å². The molecule has 0 N–H and O–H groups in total. The van der Waals surface area contributed by atoms with E-state index in [4.69, 9.17) is 0 Å². The van der Waals surface area contributed by atoms with E-state index in [9.17, 15) is 9.59 Å². The normalized spacial score (nSPS) is 10.8. The SMILES string of the molecule is CCCC(=O)Sc1nc2ccccc2nc1SC(=O)CCC. The quantitative estimate of drug-likeness (QED) is 0.727. The molecule has 2 rings (SSSR count). The van der Waals surface area contributed by atoms with Crippen molar-refractivity contribution in [3.05, 3.63) is 24.3 Å². The molecular formula is C16H18N2O2S2. The molecule has 1 heterocycles. The number of nitrogens with zero attached hydrogens (tertiary/aromatic N) is 2. The van der Waals surface area contributed by atoms with E-state index in [0.717, 1.165) is 47.4 Å². The molecule has 1 aromatic carbocycles. The average molecular weight is 334 g/mol. The lowest BCUT2D eigenvalue weighted by atomic mass is 10.3. The molecule has 4 nitrogen and oxygen atoms in total. The highest BCUT2D eigenvalue weighted by molar-refractivity contribution is 8.16. The van der Waals surface area contributed by atoms with Gasteiger partial charge in [0.2, 0.25) is 0 Å². The van der Waals surface area contributed by atoms with E-state index in [1.54, 1.807) is 0 Å². The molecule has 0 amide bonds. The maximum absolute atomic E-state index is 11.9. The molecule has 6 heteroatoms. The van der Waals surface area contributed by atoms with Crippen LogP contribution in [0.2, 0.25) is 0 Å². The molecule has 0 saturated heterocycles. The van der Waals surface area contributed by atoms with Crippen LogP contribution in [0.1, 0.15) is 39.5 Å². The Morgan fingerprint density at radius 2 is 1.27 bits per heavy atom. The Balaban J connectivity index is 2.36. The van der Waals surface area contributed by atoms with Gasteiger partial charge in [0.25, 0.3) is 0 Å². The first-order valence-electron chi connectivity index (χ1n) is 7.32. The monoisotopic (exact) mass is 334 g/mol. The zero-order chi connectivity index (χ0) is 15.9. The van der Waals surface area contributed by atoms with Crippen LogP contribution < -0.4 is 0 Å².